The van der Waals surface area contributed by atoms with Crippen LogP contribution in [0.4, 0.5) is 0 Å². The fourth-order valence-corrected chi connectivity index (χ4v) is 5.03. The molecule has 0 aliphatic rings. The average Bonchev–Trinajstić information content (AvgIpc) is 2.86. The zero-order valence-electron chi connectivity index (χ0n) is 7.69. The van der Waals surface area contributed by atoms with Gasteiger partial charge in [0.1, 0.15) is 0 Å². The second kappa shape index (κ2) is 2.82. The number of hydrogen-bond donors (Lipinski definition) is 0. The van der Waals surface area contributed by atoms with Crippen LogP contribution in [0.3, 0.4) is 0 Å². The summed E-state index contributed by atoms with van der Waals surface area (Å²) in [6.07, 6.45) is 0. The van der Waals surface area contributed by atoms with Gasteiger partial charge in [-0.1, -0.05) is 0 Å². The van der Waals surface area contributed by atoms with Gasteiger partial charge in [0.05, 0.1) is 4.70 Å². The van der Waals surface area contributed by atoms with Crippen LogP contribution in [0.1, 0.15) is 0 Å². The minimum atomic E-state index is 1.38. The van der Waals surface area contributed by atoms with Gasteiger partial charge < -0.3 is 0 Å². The maximum absolute atomic E-state index is 2.34. The third kappa shape index (κ3) is 1.06. The standard InChI is InChI=1S/C12H6S3/c1-3-13-10-6-8-11(5-7(1)10)15-9-2-4-14-12(8)9/h1-6H. The molecule has 15 heavy (non-hydrogen) atoms. The van der Waals surface area contributed by atoms with Crippen molar-refractivity contribution in [3.05, 3.63) is 35.0 Å². The van der Waals surface area contributed by atoms with Gasteiger partial charge in [0, 0.05) is 19.5 Å². The fourth-order valence-electron chi connectivity index (χ4n) is 1.94. The smallest absolute Gasteiger partial charge is 0.0529 e. The van der Waals surface area contributed by atoms with Crippen molar-refractivity contribution in [3.63, 3.8) is 0 Å². The highest BCUT2D eigenvalue weighted by molar-refractivity contribution is 7.32. The number of hydrogen-bond acceptors (Lipinski definition) is 3. The number of fused-ring (bicyclic) bond motifs is 4. The molecule has 0 unspecified atom stereocenters. The third-order valence-electron chi connectivity index (χ3n) is 2.65. The highest BCUT2D eigenvalue weighted by atomic mass is 32.1. The van der Waals surface area contributed by atoms with E-state index in [1.165, 1.54) is 29.6 Å². The molecule has 4 rings (SSSR count). The second-order valence-corrected chi connectivity index (χ2v) is 6.47. The molecular weight excluding hydrogens is 240 g/mol. The largest absolute Gasteiger partial charge is 0.144 e. The van der Waals surface area contributed by atoms with E-state index in [4.69, 9.17) is 0 Å². The Bertz CT molecular complexity index is 764. The van der Waals surface area contributed by atoms with E-state index in [0.29, 0.717) is 0 Å². The molecule has 72 valence electrons. The van der Waals surface area contributed by atoms with Crippen LogP contribution in [0.15, 0.2) is 35.0 Å². The Balaban J connectivity index is 2.35. The van der Waals surface area contributed by atoms with Crippen molar-refractivity contribution in [3.8, 4) is 0 Å². The number of rotatable bonds is 0. The second-order valence-electron chi connectivity index (χ2n) is 3.52. The van der Waals surface area contributed by atoms with Crippen LogP contribution in [0.5, 0.6) is 0 Å². The van der Waals surface area contributed by atoms with Crippen LogP contribution in [0.2, 0.25) is 0 Å². The molecule has 3 heteroatoms. The summed E-state index contributed by atoms with van der Waals surface area (Å²) in [6, 6.07) is 9.08. The Morgan fingerprint density at radius 2 is 1.73 bits per heavy atom. The first-order chi connectivity index (χ1) is 7.42. The van der Waals surface area contributed by atoms with Gasteiger partial charge in [-0.05, 0) is 40.4 Å². The van der Waals surface area contributed by atoms with Gasteiger partial charge in [-0.25, -0.2) is 0 Å². The van der Waals surface area contributed by atoms with E-state index in [2.05, 4.69) is 35.0 Å². The molecule has 0 spiro atoms. The first-order valence-corrected chi connectivity index (χ1v) is 7.26. The predicted molar refractivity (Wildman–Crippen MR) is 72.6 cm³/mol. The van der Waals surface area contributed by atoms with Gasteiger partial charge in [-0.2, -0.15) is 0 Å². The summed E-state index contributed by atoms with van der Waals surface area (Å²) in [6.45, 7) is 0. The molecule has 0 aliphatic carbocycles. The Kier molecular flexibility index (Phi) is 1.55. The van der Waals surface area contributed by atoms with Crippen LogP contribution in [-0.2, 0) is 0 Å². The molecule has 0 aliphatic heterocycles. The zero-order chi connectivity index (χ0) is 9.83. The van der Waals surface area contributed by atoms with E-state index in [-0.39, 0.29) is 0 Å². The molecule has 0 fully saturated rings. The van der Waals surface area contributed by atoms with E-state index >= 15 is 0 Å². The van der Waals surface area contributed by atoms with Crippen LogP contribution in [0, 0.1) is 0 Å². The summed E-state index contributed by atoms with van der Waals surface area (Å²) >= 11 is 5.58. The van der Waals surface area contributed by atoms with Gasteiger partial charge in [-0.15, -0.1) is 34.0 Å². The molecule has 0 nitrogen and oxygen atoms in total. The molecule has 0 bridgehead atoms. The molecule has 0 atom stereocenters. The SMILES string of the molecule is c1cc2cc3sc4ccsc4c3cc2s1. The highest BCUT2D eigenvalue weighted by Crippen LogP contribution is 2.40. The minimum Gasteiger partial charge on any atom is -0.144 e. The average molecular weight is 246 g/mol. The summed E-state index contributed by atoms with van der Waals surface area (Å²) < 4.78 is 5.69. The summed E-state index contributed by atoms with van der Waals surface area (Å²) in [7, 11) is 0. The Labute approximate surface area is 98.4 Å². The van der Waals surface area contributed by atoms with Crippen molar-refractivity contribution in [2.45, 2.75) is 0 Å². The minimum absolute atomic E-state index is 1.38. The van der Waals surface area contributed by atoms with Crippen LogP contribution in [0.25, 0.3) is 29.6 Å². The molecule has 3 aromatic heterocycles. The molecule has 0 amide bonds. The molecule has 0 N–H and O–H groups in total. The first-order valence-electron chi connectivity index (χ1n) is 4.69. The molecule has 4 aromatic rings. The van der Waals surface area contributed by atoms with Crippen LogP contribution in [-0.4, -0.2) is 0 Å². The van der Waals surface area contributed by atoms with Gasteiger partial charge in [-0.3, -0.25) is 0 Å². The van der Waals surface area contributed by atoms with Gasteiger partial charge in [0.15, 0.2) is 0 Å². The van der Waals surface area contributed by atoms with Crippen molar-refractivity contribution >= 4 is 63.6 Å². The summed E-state index contributed by atoms with van der Waals surface area (Å²) in [5.41, 5.74) is 0. The maximum Gasteiger partial charge on any atom is 0.0529 e. The lowest BCUT2D eigenvalue weighted by atomic mass is 10.2. The molecule has 0 saturated carbocycles. The lowest BCUT2D eigenvalue weighted by Crippen LogP contribution is -1.62. The lowest BCUT2D eigenvalue weighted by molar-refractivity contribution is 2.08. The number of benzene rings is 1. The van der Waals surface area contributed by atoms with E-state index in [9.17, 15) is 0 Å². The Hall–Kier alpha value is -0.900. The Morgan fingerprint density at radius 1 is 0.800 bits per heavy atom. The van der Waals surface area contributed by atoms with Gasteiger partial charge >= 0.3 is 0 Å². The van der Waals surface area contributed by atoms with Crippen molar-refractivity contribution in [2.75, 3.05) is 0 Å². The monoisotopic (exact) mass is 246 g/mol. The highest BCUT2D eigenvalue weighted by Gasteiger charge is 2.07. The summed E-state index contributed by atoms with van der Waals surface area (Å²) in [5.74, 6) is 0. The fraction of sp³-hybridized carbons (Fsp3) is 0. The zero-order valence-corrected chi connectivity index (χ0v) is 10.1. The molecule has 0 radical (unpaired) electrons. The topological polar surface area (TPSA) is 0 Å². The molecular formula is C12H6S3. The van der Waals surface area contributed by atoms with E-state index in [1.807, 2.05) is 34.0 Å². The molecule has 1 aromatic carbocycles. The van der Waals surface area contributed by atoms with Crippen molar-refractivity contribution in [1.29, 1.82) is 0 Å². The molecule has 0 saturated heterocycles. The van der Waals surface area contributed by atoms with Crippen molar-refractivity contribution in [2.24, 2.45) is 0 Å². The van der Waals surface area contributed by atoms with E-state index < -0.39 is 0 Å². The maximum atomic E-state index is 2.34. The van der Waals surface area contributed by atoms with Crippen molar-refractivity contribution < 1.29 is 0 Å². The normalized spacial score (nSPS) is 12.0. The van der Waals surface area contributed by atoms with Crippen LogP contribution < -0.4 is 0 Å². The van der Waals surface area contributed by atoms with Gasteiger partial charge in [0.25, 0.3) is 0 Å². The molecule has 3 heterocycles. The van der Waals surface area contributed by atoms with E-state index in [1.54, 1.807) is 0 Å². The lowest BCUT2D eigenvalue weighted by Gasteiger charge is -1.90. The van der Waals surface area contributed by atoms with Gasteiger partial charge in [0.2, 0.25) is 0 Å². The summed E-state index contributed by atoms with van der Waals surface area (Å²) in [4.78, 5) is 0. The first kappa shape index (κ1) is 8.28. The van der Waals surface area contributed by atoms with Crippen LogP contribution >= 0.6 is 34.0 Å². The van der Waals surface area contributed by atoms with Crippen molar-refractivity contribution in [1.82, 2.24) is 0 Å². The predicted octanol–water partition coefficient (Wildman–Crippen LogP) is 5.33. The number of thiophene rings is 3. The quantitative estimate of drug-likeness (QED) is 0.393. The Morgan fingerprint density at radius 3 is 2.73 bits per heavy atom. The summed E-state index contributed by atoms with van der Waals surface area (Å²) in [5, 5.41) is 7.15. The third-order valence-corrected chi connectivity index (χ3v) is 5.72. The van der Waals surface area contributed by atoms with E-state index in [0.717, 1.165) is 0 Å².